The summed E-state index contributed by atoms with van der Waals surface area (Å²) in [5.41, 5.74) is 0.103. The number of H-pyrrole nitrogens is 1. The number of nitro benzene ring substituents is 1. The summed E-state index contributed by atoms with van der Waals surface area (Å²) in [6, 6.07) is 3.85. The monoisotopic (exact) mass is 291 g/mol. The van der Waals surface area contributed by atoms with Crippen molar-refractivity contribution in [2.45, 2.75) is 6.54 Å². The zero-order chi connectivity index (χ0) is 15.4. The summed E-state index contributed by atoms with van der Waals surface area (Å²) < 4.78 is 5.05. The van der Waals surface area contributed by atoms with Gasteiger partial charge in [0.15, 0.2) is 0 Å². The molecule has 0 aliphatic heterocycles. The van der Waals surface area contributed by atoms with E-state index in [1.165, 1.54) is 36.5 Å². The number of ether oxygens (including phenoxy) is 1. The van der Waals surface area contributed by atoms with E-state index in [1.807, 2.05) is 0 Å². The van der Waals surface area contributed by atoms with Crippen LogP contribution in [0.1, 0.15) is 16.2 Å². The van der Waals surface area contributed by atoms with Crippen molar-refractivity contribution in [2.75, 3.05) is 14.2 Å². The normalized spacial score (nSPS) is 10.2. The van der Waals surface area contributed by atoms with E-state index in [0.29, 0.717) is 5.82 Å². The molecule has 9 heteroatoms. The van der Waals surface area contributed by atoms with Crippen LogP contribution in [0.4, 0.5) is 5.69 Å². The summed E-state index contributed by atoms with van der Waals surface area (Å²) in [7, 11) is 2.94. The molecule has 1 N–H and O–H groups in total. The summed E-state index contributed by atoms with van der Waals surface area (Å²) in [6.07, 6.45) is 1.35. The predicted molar refractivity (Wildman–Crippen MR) is 71.8 cm³/mol. The first-order chi connectivity index (χ1) is 10.0. The Morgan fingerprint density at radius 1 is 1.52 bits per heavy atom. The lowest BCUT2D eigenvalue weighted by Crippen LogP contribution is -2.27. The van der Waals surface area contributed by atoms with Crippen molar-refractivity contribution in [1.29, 1.82) is 0 Å². The van der Waals surface area contributed by atoms with E-state index in [2.05, 4.69) is 15.2 Å². The van der Waals surface area contributed by atoms with E-state index in [9.17, 15) is 14.9 Å². The molecule has 0 fully saturated rings. The predicted octanol–water partition coefficient (Wildman–Crippen LogP) is 0.994. The molecule has 1 aromatic carbocycles. The molecule has 0 radical (unpaired) electrons. The maximum absolute atomic E-state index is 12.3. The molecule has 0 aliphatic rings. The molecule has 1 heterocycles. The van der Waals surface area contributed by atoms with Crippen LogP contribution in [0.2, 0.25) is 0 Å². The van der Waals surface area contributed by atoms with Crippen LogP contribution in [-0.2, 0) is 6.54 Å². The molecule has 21 heavy (non-hydrogen) atoms. The lowest BCUT2D eigenvalue weighted by molar-refractivity contribution is -0.384. The lowest BCUT2D eigenvalue weighted by atomic mass is 10.1. The van der Waals surface area contributed by atoms with Crippen molar-refractivity contribution in [3.05, 3.63) is 46.0 Å². The number of hydrogen-bond acceptors (Lipinski definition) is 6. The number of rotatable bonds is 5. The number of nitrogens with zero attached hydrogens (tertiary/aromatic N) is 4. The van der Waals surface area contributed by atoms with Gasteiger partial charge in [0.05, 0.1) is 30.2 Å². The molecule has 2 rings (SSSR count). The number of nitro groups is 1. The molecule has 0 saturated carbocycles. The number of benzene rings is 1. The Hall–Kier alpha value is -2.97. The molecule has 0 atom stereocenters. The zero-order valence-electron chi connectivity index (χ0n) is 11.4. The highest BCUT2D eigenvalue weighted by molar-refractivity contribution is 5.97. The van der Waals surface area contributed by atoms with Crippen molar-refractivity contribution in [2.24, 2.45) is 0 Å². The highest BCUT2D eigenvalue weighted by Gasteiger charge is 2.20. The van der Waals surface area contributed by atoms with Crippen LogP contribution < -0.4 is 4.74 Å². The Balaban J connectivity index is 2.23. The number of amides is 1. The maximum Gasteiger partial charge on any atom is 0.273 e. The molecule has 1 aromatic heterocycles. The minimum atomic E-state index is -0.547. The molecule has 9 nitrogen and oxygen atoms in total. The van der Waals surface area contributed by atoms with Gasteiger partial charge in [-0.1, -0.05) is 0 Å². The van der Waals surface area contributed by atoms with Gasteiger partial charge in [-0.15, -0.1) is 0 Å². The van der Waals surface area contributed by atoms with Crippen molar-refractivity contribution in [1.82, 2.24) is 20.1 Å². The van der Waals surface area contributed by atoms with Crippen LogP contribution in [0, 0.1) is 10.1 Å². The summed E-state index contributed by atoms with van der Waals surface area (Å²) in [5, 5.41) is 17.1. The number of non-ortho nitro benzene ring substituents is 1. The largest absolute Gasteiger partial charge is 0.496 e. The van der Waals surface area contributed by atoms with Crippen molar-refractivity contribution in [3.8, 4) is 5.75 Å². The summed E-state index contributed by atoms with van der Waals surface area (Å²) in [5.74, 6) is 0.350. The molecule has 0 bridgehead atoms. The zero-order valence-corrected chi connectivity index (χ0v) is 11.4. The first-order valence-corrected chi connectivity index (χ1v) is 5.95. The van der Waals surface area contributed by atoms with E-state index in [-0.39, 0.29) is 29.5 Å². The Morgan fingerprint density at radius 3 is 2.86 bits per heavy atom. The number of carbonyl (C=O) groups excluding carboxylic acids is 1. The molecule has 0 spiro atoms. The highest BCUT2D eigenvalue weighted by Crippen LogP contribution is 2.25. The van der Waals surface area contributed by atoms with E-state index >= 15 is 0 Å². The Kier molecular flexibility index (Phi) is 4.12. The topological polar surface area (TPSA) is 114 Å². The highest BCUT2D eigenvalue weighted by atomic mass is 16.6. The van der Waals surface area contributed by atoms with Crippen LogP contribution in [0.15, 0.2) is 24.5 Å². The third-order valence-corrected chi connectivity index (χ3v) is 2.82. The van der Waals surface area contributed by atoms with E-state index in [0.717, 1.165) is 0 Å². The van der Waals surface area contributed by atoms with Gasteiger partial charge in [-0.2, -0.15) is 5.10 Å². The fraction of sp³-hybridized carbons (Fsp3) is 0.250. The van der Waals surface area contributed by atoms with Crippen molar-refractivity contribution in [3.63, 3.8) is 0 Å². The van der Waals surface area contributed by atoms with Gasteiger partial charge < -0.3 is 9.64 Å². The van der Waals surface area contributed by atoms with Crippen LogP contribution in [0.3, 0.4) is 0 Å². The van der Waals surface area contributed by atoms with Gasteiger partial charge >= 0.3 is 0 Å². The van der Waals surface area contributed by atoms with E-state index in [4.69, 9.17) is 4.74 Å². The minimum Gasteiger partial charge on any atom is -0.496 e. The van der Waals surface area contributed by atoms with Gasteiger partial charge in [-0.05, 0) is 6.07 Å². The van der Waals surface area contributed by atoms with Crippen LogP contribution in [-0.4, -0.2) is 45.1 Å². The third kappa shape index (κ3) is 3.14. The fourth-order valence-electron chi connectivity index (χ4n) is 1.78. The smallest absolute Gasteiger partial charge is 0.273 e. The molecule has 110 valence electrons. The van der Waals surface area contributed by atoms with Crippen LogP contribution in [0.25, 0.3) is 0 Å². The van der Waals surface area contributed by atoms with Gasteiger partial charge in [0, 0.05) is 13.1 Å². The number of methoxy groups -OCH3 is 1. The molecule has 0 aliphatic carbocycles. The van der Waals surface area contributed by atoms with Gasteiger partial charge in [-0.25, -0.2) is 4.98 Å². The minimum absolute atomic E-state index is 0.138. The standard InChI is InChI=1S/C12H13N5O4/c1-16(6-11-13-7-14-15-11)12(18)9-4-3-8(17(19)20)5-10(9)21-2/h3-5,7H,6H2,1-2H3,(H,13,14,15). The summed E-state index contributed by atoms with van der Waals surface area (Å²) in [6.45, 7) is 0.235. The van der Waals surface area contributed by atoms with Gasteiger partial charge in [-0.3, -0.25) is 20.0 Å². The first kappa shape index (κ1) is 14.4. The average molecular weight is 291 g/mol. The Morgan fingerprint density at radius 2 is 2.29 bits per heavy atom. The molecule has 0 saturated heterocycles. The van der Waals surface area contributed by atoms with E-state index in [1.54, 1.807) is 7.05 Å². The average Bonchev–Trinajstić information content (AvgIpc) is 2.98. The van der Waals surface area contributed by atoms with Gasteiger partial charge in [0.2, 0.25) is 0 Å². The molecule has 0 unspecified atom stereocenters. The number of hydrogen-bond donors (Lipinski definition) is 1. The Bertz CT molecular complexity index is 656. The molecular formula is C12H13N5O4. The van der Waals surface area contributed by atoms with Crippen LogP contribution in [0.5, 0.6) is 5.75 Å². The SMILES string of the molecule is COc1cc([N+](=O)[O-])ccc1C(=O)N(C)Cc1ncn[nH]1. The Labute approximate surface area is 119 Å². The summed E-state index contributed by atoms with van der Waals surface area (Å²) >= 11 is 0. The van der Waals surface area contributed by atoms with Crippen molar-refractivity contribution < 1.29 is 14.5 Å². The number of nitrogens with one attached hydrogen (secondary N) is 1. The fourth-order valence-corrected chi connectivity index (χ4v) is 1.78. The lowest BCUT2D eigenvalue weighted by Gasteiger charge is -2.17. The maximum atomic E-state index is 12.3. The second-order valence-electron chi connectivity index (χ2n) is 4.24. The number of aromatic amines is 1. The first-order valence-electron chi connectivity index (χ1n) is 5.95. The van der Waals surface area contributed by atoms with Gasteiger partial charge in [0.1, 0.15) is 17.9 Å². The van der Waals surface area contributed by atoms with Crippen LogP contribution >= 0.6 is 0 Å². The van der Waals surface area contributed by atoms with Gasteiger partial charge in [0.25, 0.3) is 11.6 Å². The quantitative estimate of drug-likeness (QED) is 0.649. The van der Waals surface area contributed by atoms with E-state index < -0.39 is 4.92 Å². The molecular weight excluding hydrogens is 278 g/mol. The second-order valence-corrected chi connectivity index (χ2v) is 4.24. The summed E-state index contributed by atoms with van der Waals surface area (Å²) in [4.78, 5) is 27.9. The molecule has 2 aromatic rings. The molecule has 1 amide bonds. The third-order valence-electron chi connectivity index (χ3n) is 2.82. The second kappa shape index (κ2) is 5.99. The number of aromatic nitrogens is 3. The van der Waals surface area contributed by atoms with Crippen molar-refractivity contribution >= 4 is 11.6 Å². The number of carbonyl (C=O) groups is 1.